The first-order valence-corrected chi connectivity index (χ1v) is 6.87. The molecule has 0 saturated heterocycles. The standard InChI is InChI=1S/C15H16N2O3/c1-2-14-16-17-15(20-14)9-19-13-8-4-5-10-11(13)6-3-7-12(10)18/h4-5,8H,2-3,6-7,9H2,1H3. The Balaban J connectivity index is 1.77. The first-order valence-electron chi connectivity index (χ1n) is 6.87. The van der Waals surface area contributed by atoms with Crippen LogP contribution in [0, 0.1) is 0 Å². The number of aryl methyl sites for hydroxylation is 1. The summed E-state index contributed by atoms with van der Waals surface area (Å²) in [6, 6.07) is 5.60. The minimum absolute atomic E-state index is 0.197. The third kappa shape index (κ3) is 2.43. The monoisotopic (exact) mass is 272 g/mol. The van der Waals surface area contributed by atoms with Crippen LogP contribution >= 0.6 is 0 Å². The quantitative estimate of drug-likeness (QED) is 0.856. The van der Waals surface area contributed by atoms with E-state index < -0.39 is 0 Å². The first kappa shape index (κ1) is 12.8. The van der Waals surface area contributed by atoms with Crippen LogP contribution in [0.25, 0.3) is 0 Å². The zero-order valence-corrected chi connectivity index (χ0v) is 11.4. The predicted octanol–water partition coefficient (Wildman–Crippen LogP) is 2.73. The van der Waals surface area contributed by atoms with Crippen LogP contribution in [-0.4, -0.2) is 16.0 Å². The van der Waals surface area contributed by atoms with E-state index in [0.29, 0.717) is 24.6 Å². The van der Waals surface area contributed by atoms with Gasteiger partial charge in [-0.2, -0.15) is 0 Å². The molecule has 0 N–H and O–H groups in total. The molecule has 0 atom stereocenters. The molecule has 0 fully saturated rings. The molecule has 1 aliphatic rings. The van der Waals surface area contributed by atoms with Gasteiger partial charge in [0, 0.05) is 24.0 Å². The molecule has 1 heterocycles. The molecule has 104 valence electrons. The number of carbonyl (C=O) groups is 1. The summed E-state index contributed by atoms with van der Waals surface area (Å²) >= 11 is 0. The Morgan fingerprint density at radius 2 is 2.10 bits per heavy atom. The number of nitrogens with zero attached hydrogens (tertiary/aromatic N) is 2. The minimum atomic E-state index is 0.197. The van der Waals surface area contributed by atoms with Crippen LogP contribution in [0.3, 0.4) is 0 Å². The van der Waals surface area contributed by atoms with E-state index in [2.05, 4.69) is 10.2 Å². The third-order valence-corrected chi connectivity index (χ3v) is 3.43. The average molecular weight is 272 g/mol. The number of aromatic nitrogens is 2. The van der Waals surface area contributed by atoms with Crippen LogP contribution in [0.4, 0.5) is 0 Å². The maximum absolute atomic E-state index is 11.9. The summed E-state index contributed by atoms with van der Waals surface area (Å²) < 4.78 is 11.2. The molecule has 0 bridgehead atoms. The molecule has 3 rings (SSSR count). The smallest absolute Gasteiger partial charge is 0.253 e. The zero-order chi connectivity index (χ0) is 13.9. The summed E-state index contributed by atoms with van der Waals surface area (Å²) in [5, 5.41) is 7.82. The van der Waals surface area contributed by atoms with E-state index in [-0.39, 0.29) is 12.4 Å². The van der Waals surface area contributed by atoms with Gasteiger partial charge >= 0.3 is 0 Å². The lowest BCUT2D eigenvalue weighted by molar-refractivity contribution is 0.0971. The summed E-state index contributed by atoms with van der Waals surface area (Å²) in [4.78, 5) is 11.9. The van der Waals surface area contributed by atoms with Crippen LogP contribution in [-0.2, 0) is 19.4 Å². The second-order valence-corrected chi connectivity index (χ2v) is 4.79. The molecule has 0 unspecified atom stereocenters. The summed E-state index contributed by atoms with van der Waals surface area (Å²) in [5.41, 5.74) is 1.78. The van der Waals surface area contributed by atoms with E-state index in [1.165, 1.54) is 0 Å². The number of carbonyl (C=O) groups excluding carboxylic acids is 1. The highest BCUT2D eigenvalue weighted by atomic mass is 16.5. The summed E-state index contributed by atoms with van der Waals surface area (Å²) in [7, 11) is 0. The molecule has 20 heavy (non-hydrogen) atoms. The van der Waals surface area contributed by atoms with Gasteiger partial charge in [0.15, 0.2) is 12.4 Å². The van der Waals surface area contributed by atoms with E-state index in [1.54, 1.807) is 0 Å². The van der Waals surface area contributed by atoms with Gasteiger partial charge in [0.25, 0.3) is 5.89 Å². The van der Waals surface area contributed by atoms with Crippen LogP contribution in [0.5, 0.6) is 5.75 Å². The molecule has 1 aromatic carbocycles. The van der Waals surface area contributed by atoms with E-state index in [1.807, 2.05) is 25.1 Å². The molecule has 0 spiro atoms. The number of hydrogen-bond donors (Lipinski definition) is 0. The van der Waals surface area contributed by atoms with Crippen molar-refractivity contribution in [2.24, 2.45) is 0 Å². The molecule has 1 aliphatic carbocycles. The molecule has 0 radical (unpaired) electrons. The van der Waals surface area contributed by atoms with Crippen molar-refractivity contribution in [1.82, 2.24) is 10.2 Å². The fourth-order valence-corrected chi connectivity index (χ4v) is 2.41. The van der Waals surface area contributed by atoms with Crippen molar-refractivity contribution in [1.29, 1.82) is 0 Å². The van der Waals surface area contributed by atoms with E-state index >= 15 is 0 Å². The molecule has 5 heteroatoms. The topological polar surface area (TPSA) is 65.2 Å². The Hall–Kier alpha value is -2.17. The molecule has 0 amide bonds. The molecular formula is C15H16N2O3. The number of ketones is 1. The molecule has 1 aromatic heterocycles. The number of fused-ring (bicyclic) bond motifs is 1. The number of benzene rings is 1. The SMILES string of the molecule is CCc1nnc(COc2cccc3c2CCCC3=O)o1. The van der Waals surface area contributed by atoms with Crippen molar-refractivity contribution in [3.63, 3.8) is 0 Å². The second kappa shape index (κ2) is 5.45. The normalized spacial score (nSPS) is 14.2. The zero-order valence-electron chi connectivity index (χ0n) is 11.4. The molecule has 0 saturated carbocycles. The highest BCUT2D eigenvalue weighted by Gasteiger charge is 2.20. The van der Waals surface area contributed by atoms with Crippen molar-refractivity contribution in [3.05, 3.63) is 41.1 Å². The fraction of sp³-hybridized carbons (Fsp3) is 0.400. The summed E-state index contributed by atoms with van der Waals surface area (Å²) in [6.45, 7) is 2.19. The Morgan fingerprint density at radius 1 is 1.25 bits per heavy atom. The van der Waals surface area contributed by atoms with Gasteiger partial charge in [-0.25, -0.2) is 0 Å². The van der Waals surface area contributed by atoms with Crippen molar-refractivity contribution < 1.29 is 13.9 Å². The van der Waals surface area contributed by atoms with Crippen LogP contribution in [0.1, 0.15) is 47.5 Å². The van der Waals surface area contributed by atoms with Crippen molar-refractivity contribution in [2.45, 2.75) is 39.2 Å². The third-order valence-electron chi connectivity index (χ3n) is 3.43. The lowest BCUT2D eigenvalue weighted by Crippen LogP contribution is -2.12. The van der Waals surface area contributed by atoms with Crippen molar-refractivity contribution in [2.75, 3.05) is 0 Å². The van der Waals surface area contributed by atoms with Crippen molar-refractivity contribution in [3.8, 4) is 5.75 Å². The van der Waals surface area contributed by atoms with E-state index in [9.17, 15) is 4.79 Å². The van der Waals surface area contributed by atoms with Gasteiger partial charge < -0.3 is 9.15 Å². The fourth-order valence-electron chi connectivity index (χ4n) is 2.41. The summed E-state index contributed by atoms with van der Waals surface area (Å²) in [5.74, 6) is 2.00. The van der Waals surface area contributed by atoms with Crippen LogP contribution in [0.15, 0.2) is 22.6 Å². The Kier molecular flexibility index (Phi) is 3.50. The van der Waals surface area contributed by atoms with Gasteiger partial charge in [-0.1, -0.05) is 19.1 Å². The van der Waals surface area contributed by atoms with Crippen molar-refractivity contribution >= 4 is 5.78 Å². The Labute approximate surface area is 117 Å². The van der Waals surface area contributed by atoms with Gasteiger partial charge in [-0.3, -0.25) is 4.79 Å². The van der Waals surface area contributed by atoms with Gasteiger partial charge in [-0.15, -0.1) is 10.2 Å². The largest absolute Gasteiger partial charge is 0.483 e. The van der Waals surface area contributed by atoms with Gasteiger partial charge in [0.2, 0.25) is 5.89 Å². The van der Waals surface area contributed by atoms with Gasteiger partial charge in [0.1, 0.15) is 5.75 Å². The molecule has 0 aliphatic heterocycles. The second-order valence-electron chi connectivity index (χ2n) is 4.79. The minimum Gasteiger partial charge on any atom is -0.483 e. The maximum Gasteiger partial charge on any atom is 0.253 e. The average Bonchev–Trinajstić information content (AvgIpc) is 2.94. The first-order chi connectivity index (χ1) is 9.78. The number of hydrogen-bond acceptors (Lipinski definition) is 5. The molecule has 2 aromatic rings. The van der Waals surface area contributed by atoms with Gasteiger partial charge in [0.05, 0.1) is 0 Å². The van der Waals surface area contributed by atoms with Crippen LogP contribution < -0.4 is 4.74 Å². The highest BCUT2D eigenvalue weighted by molar-refractivity contribution is 5.99. The lowest BCUT2D eigenvalue weighted by atomic mass is 9.90. The maximum atomic E-state index is 11.9. The Morgan fingerprint density at radius 3 is 2.90 bits per heavy atom. The number of Topliss-reactive ketones (excluding diaryl/α,β-unsaturated/α-hetero) is 1. The highest BCUT2D eigenvalue weighted by Crippen LogP contribution is 2.29. The molecular weight excluding hydrogens is 256 g/mol. The summed E-state index contributed by atoms with van der Waals surface area (Å²) in [6.07, 6.45) is 3.09. The molecule has 5 nitrogen and oxygen atoms in total. The van der Waals surface area contributed by atoms with E-state index in [4.69, 9.17) is 9.15 Å². The predicted molar refractivity (Wildman–Crippen MR) is 71.7 cm³/mol. The van der Waals surface area contributed by atoms with Crippen LogP contribution in [0.2, 0.25) is 0 Å². The van der Waals surface area contributed by atoms with Gasteiger partial charge in [-0.05, 0) is 18.9 Å². The number of rotatable bonds is 4. The van der Waals surface area contributed by atoms with E-state index in [0.717, 1.165) is 29.7 Å². The number of ether oxygens (including phenoxy) is 1. The lowest BCUT2D eigenvalue weighted by Gasteiger charge is -2.18. The Bertz CT molecular complexity index is 634.